The number of hydrogen-bond donors (Lipinski definition) is 1. The molecule has 29 heavy (non-hydrogen) atoms. The first-order chi connectivity index (χ1) is 13.8. The lowest BCUT2D eigenvalue weighted by atomic mass is 10.2. The van der Waals surface area contributed by atoms with Crippen molar-refractivity contribution in [2.45, 2.75) is 6.92 Å². The Kier molecular flexibility index (Phi) is 8.18. The molecule has 0 unspecified atom stereocenters. The molecule has 0 spiro atoms. The van der Waals surface area contributed by atoms with Crippen molar-refractivity contribution in [1.29, 1.82) is 0 Å². The third-order valence-corrected chi connectivity index (χ3v) is 5.87. The number of esters is 1. The third-order valence-electron chi connectivity index (χ3n) is 3.94. The molecule has 0 fully saturated rings. The fourth-order valence-electron chi connectivity index (χ4n) is 2.49. The van der Waals surface area contributed by atoms with Crippen molar-refractivity contribution in [3.05, 3.63) is 43.3 Å². The van der Waals surface area contributed by atoms with Gasteiger partial charge < -0.3 is 24.3 Å². The SMILES string of the molecule is COc1c(Br)c(C(=O)OCC(=O)Nc2cccc(Cl)c2C)c(Br)c(OC)c1OC. The Balaban J connectivity index is 2.22. The van der Waals surface area contributed by atoms with E-state index in [-0.39, 0.29) is 17.1 Å². The highest BCUT2D eigenvalue weighted by molar-refractivity contribution is 9.11. The van der Waals surface area contributed by atoms with E-state index in [0.717, 1.165) is 0 Å². The number of halogens is 3. The lowest BCUT2D eigenvalue weighted by molar-refractivity contribution is -0.119. The lowest BCUT2D eigenvalue weighted by Crippen LogP contribution is -2.22. The van der Waals surface area contributed by atoms with Gasteiger partial charge in [0.1, 0.15) is 0 Å². The van der Waals surface area contributed by atoms with Crippen LogP contribution in [0.25, 0.3) is 0 Å². The molecule has 2 rings (SSSR count). The molecule has 0 aromatic heterocycles. The van der Waals surface area contributed by atoms with Gasteiger partial charge >= 0.3 is 5.97 Å². The smallest absolute Gasteiger partial charge is 0.341 e. The van der Waals surface area contributed by atoms with E-state index >= 15 is 0 Å². The minimum absolute atomic E-state index is 0.0891. The number of benzene rings is 2. The van der Waals surface area contributed by atoms with Crippen LogP contribution in [-0.2, 0) is 9.53 Å². The van der Waals surface area contributed by atoms with Crippen LogP contribution in [0, 0.1) is 6.92 Å². The van der Waals surface area contributed by atoms with Crippen LogP contribution in [0.1, 0.15) is 15.9 Å². The van der Waals surface area contributed by atoms with Crippen LogP contribution >= 0.6 is 43.5 Å². The van der Waals surface area contributed by atoms with Crippen LogP contribution in [-0.4, -0.2) is 39.8 Å². The minimum Gasteiger partial charge on any atom is -0.492 e. The first-order valence-corrected chi connectivity index (χ1v) is 10.1. The van der Waals surface area contributed by atoms with E-state index < -0.39 is 18.5 Å². The van der Waals surface area contributed by atoms with Crippen molar-refractivity contribution in [3.8, 4) is 17.2 Å². The highest BCUT2D eigenvalue weighted by Gasteiger charge is 2.29. The molecule has 0 saturated carbocycles. The molecule has 156 valence electrons. The summed E-state index contributed by atoms with van der Waals surface area (Å²) in [7, 11) is 4.29. The van der Waals surface area contributed by atoms with Gasteiger partial charge in [-0.15, -0.1) is 0 Å². The largest absolute Gasteiger partial charge is 0.492 e. The Morgan fingerprint density at radius 2 is 1.55 bits per heavy atom. The lowest BCUT2D eigenvalue weighted by Gasteiger charge is -2.18. The summed E-state index contributed by atoms with van der Waals surface area (Å²) in [5.41, 5.74) is 1.34. The summed E-state index contributed by atoms with van der Waals surface area (Å²) in [5, 5.41) is 3.18. The van der Waals surface area contributed by atoms with E-state index in [1.807, 2.05) is 0 Å². The van der Waals surface area contributed by atoms with Crippen LogP contribution in [0.15, 0.2) is 27.1 Å². The van der Waals surface area contributed by atoms with Gasteiger partial charge in [-0.25, -0.2) is 4.79 Å². The maximum absolute atomic E-state index is 12.7. The molecule has 1 amide bonds. The summed E-state index contributed by atoms with van der Waals surface area (Å²) < 4.78 is 21.7. The Morgan fingerprint density at radius 3 is 2.07 bits per heavy atom. The van der Waals surface area contributed by atoms with Crippen molar-refractivity contribution in [2.24, 2.45) is 0 Å². The Labute approximate surface area is 189 Å². The van der Waals surface area contributed by atoms with Crippen LogP contribution in [0.3, 0.4) is 0 Å². The van der Waals surface area contributed by atoms with Crippen LogP contribution in [0.2, 0.25) is 5.02 Å². The molecule has 0 bridgehead atoms. The van der Waals surface area contributed by atoms with E-state index in [4.69, 9.17) is 30.5 Å². The quantitative estimate of drug-likeness (QED) is 0.488. The minimum atomic E-state index is -0.763. The van der Waals surface area contributed by atoms with Crippen molar-refractivity contribution in [1.82, 2.24) is 0 Å². The second kappa shape index (κ2) is 10.2. The van der Waals surface area contributed by atoms with E-state index in [1.54, 1.807) is 25.1 Å². The Morgan fingerprint density at radius 1 is 1.00 bits per heavy atom. The summed E-state index contributed by atoms with van der Waals surface area (Å²) >= 11 is 12.7. The van der Waals surface area contributed by atoms with Crippen molar-refractivity contribution in [2.75, 3.05) is 33.3 Å². The monoisotopic (exact) mass is 549 g/mol. The zero-order valence-corrected chi connectivity index (χ0v) is 20.0. The highest BCUT2D eigenvalue weighted by atomic mass is 79.9. The zero-order valence-electron chi connectivity index (χ0n) is 16.0. The maximum Gasteiger partial charge on any atom is 0.341 e. The summed E-state index contributed by atoms with van der Waals surface area (Å²) in [4.78, 5) is 24.9. The number of ether oxygens (including phenoxy) is 4. The third kappa shape index (κ3) is 4.96. The maximum atomic E-state index is 12.7. The average molecular weight is 552 g/mol. The van der Waals surface area contributed by atoms with Crippen molar-refractivity contribution in [3.63, 3.8) is 0 Å². The first-order valence-electron chi connectivity index (χ1n) is 8.15. The van der Waals surface area contributed by atoms with E-state index in [1.165, 1.54) is 21.3 Å². The standard InChI is InChI=1S/C19H18Br2ClNO6/c1-9-10(22)6-5-7-11(9)23-12(24)8-29-19(25)13-14(20)16(26-2)18(28-4)17(27-3)15(13)21/h5-7H,8H2,1-4H3,(H,23,24). The molecule has 7 nitrogen and oxygen atoms in total. The average Bonchev–Trinajstić information content (AvgIpc) is 2.69. The van der Waals surface area contributed by atoms with Gasteiger partial charge in [-0.3, -0.25) is 4.79 Å². The van der Waals surface area contributed by atoms with Gasteiger partial charge in [-0.2, -0.15) is 0 Å². The van der Waals surface area contributed by atoms with Crippen molar-refractivity contribution < 1.29 is 28.5 Å². The molecule has 0 aliphatic carbocycles. The fraction of sp³-hybridized carbons (Fsp3) is 0.263. The molecule has 0 atom stereocenters. The van der Waals surface area contributed by atoms with Gasteiger partial charge in [-0.1, -0.05) is 17.7 Å². The molecule has 10 heteroatoms. The topological polar surface area (TPSA) is 83.1 Å². The molecule has 2 aromatic carbocycles. The number of amides is 1. The molecule has 0 aliphatic rings. The highest BCUT2D eigenvalue weighted by Crippen LogP contribution is 2.50. The number of rotatable bonds is 7. The van der Waals surface area contributed by atoms with Crippen LogP contribution in [0.4, 0.5) is 5.69 Å². The van der Waals surface area contributed by atoms with Gasteiger partial charge in [0.05, 0.1) is 35.8 Å². The summed E-state index contributed by atoms with van der Waals surface area (Å²) in [6, 6.07) is 5.13. The predicted molar refractivity (Wildman–Crippen MR) is 117 cm³/mol. The van der Waals surface area contributed by atoms with Gasteiger partial charge in [0.15, 0.2) is 18.1 Å². The number of methoxy groups -OCH3 is 3. The molecule has 0 aliphatic heterocycles. The molecule has 0 heterocycles. The van der Waals surface area contributed by atoms with Crippen LogP contribution < -0.4 is 19.5 Å². The number of carbonyl (C=O) groups is 2. The molecule has 2 aromatic rings. The second-order valence-corrected chi connectivity index (χ2v) is 7.63. The predicted octanol–water partition coefficient (Wildman–Crippen LogP) is 4.99. The number of hydrogen-bond acceptors (Lipinski definition) is 6. The fourth-order valence-corrected chi connectivity index (χ4v) is 4.33. The molecule has 1 N–H and O–H groups in total. The van der Waals surface area contributed by atoms with E-state index in [2.05, 4.69) is 37.2 Å². The number of anilines is 1. The van der Waals surface area contributed by atoms with Crippen molar-refractivity contribution >= 4 is 61.0 Å². The summed E-state index contributed by atoms with van der Waals surface area (Å²) in [6.07, 6.45) is 0. The summed E-state index contributed by atoms with van der Waals surface area (Å²) in [6.45, 7) is 1.27. The van der Waals surface area contributed by atoms with E-state index in [0.29, 0.717) is 31.0 Å². The Bertz CT molecular complexity index is 920. The van der Waals surface area contributed by atoms with E-state index in [9.17, 15) is 9.59 Å². The van der Waals surface area contributed by atoms with Gasteiger partial charge in [-0.05, 0) is 56.5 Å². The second-order valence-electron chi connectivity index (χ2n) is 5.64. The van der Waals surface area contributed by atoms with Gasteiger partial charge in [0, 0.05) is 10.7 Å². The number of carbonyl (C=O) groups excluding carboxylic acids is 2. The van der Waals surface area contributed by atoms with Gasteiger partial charge in [0.25, 0.3) is 5.91 Å². The molecular formula is C19H18Br2ClNO6. The van der Waals surface area contributed by atoms with Crippen LogP contribution in [0.5, 0.6) is 17.2 Å². The molecular weight excluding hydrogens is 533 g/mol. The molecule has 0 saturated heterocycles. The zero-order chi connectivity index (χ0) is 21.7. The van der Waals surface area contributed by atoms with Gasteiger partial charge in [0.2, 0.25) is 5.75 Å². The summed E-state index contributed by atoms with van der Waals surface area (Å²) in [5.74, 6) is -0.485. The first kappa shape index (κ1) is 23.3. The normalized spacial score (nSPS) is 10.3. The molecule has 0 radical (unpaired) electrons. The number of nitrogens with one attached hydrogen (secondary N) is 1. The Hall–Kier alpha value is -1.97.